The Labute approximate surface area is 142 Å². The van der Waals surface area contributed by atoms with Crippen LogP contribution in [0.15, 0.2) is 48.5 Å². The first kappa shape index (κ1) is 16.0. The maximum absolute atomic E-state index is 12.1. The Morgan fingerprint density at radius 1 is 1.12 bits per heavy atom. The van der Waals surface area contributed by atoms with E-state index in [4.69, 9.17) is 16.3 Å². The number of amides is 3. The van der Waals surface area contributed by atoms with Crippen molar-refractivity contribution >= 4 is 35.2 Å². The highest BCUT2D eigenvalue weighted by Gasteiger charge is 2.33. The minimum absolute atomic E-state index is 0.157. The van der Waals surface area contributed by atoms with Gasteiger partial charge >= 0.3 is 6.09 Å². The molecule has 24 heavy (non-hydrogen) atoms. The van der Waals surface area contributed by atoms with Gasteiger partial charge in [-0.3, -0.25) is 14.9 Å². The summed E-state index contributed by atoms with van der Waals surface area (Å²) in [6.45, 7) is 0. The van der Waals surface area contributed by atoms with Crippen molar-refractivity contribution in [2.75, 3.05) is 5.32 Å². The molecular formula is C17H13ClN2O4. The van der Waals surface area contributed by atoms with Crippen molar-refractivity contribution in [1.82, 2.24) is 5.32 Å². The number of alkyl carbamates (subject to hydrolysis) is 1. The lowest BCUT2D eigenvalue weighted by molar-refractivity contribution is -0.123. The number of anilines is 1. The number of rotatable bonds is 4. The zero-order chi connectivity index (χ0) is 17.1. The number of nitrogens with one attached hydrogen (secondary N) is 2. The van der Waals surface area contributed by atoms with Crippen LogP contribution in [0.3, 0.4) is 0 Å². The van der Waals surface area contributed by atoms with E-state index >= 15 is 0 Å². The number of halogens is 1. The van der Waals surface area contributed by atoms with Crippen LogP contribution in [-0.2, 0) is 20.7 Å². The first-order valence-corrected chi connectivity index (χ1v) is 7.55. The van der Waals surface area contributed by atoms with E-state index in [0.717, 1.165) is 5.56 Å². The third kappa shape index (κ3) is 3.55. The molecule has 6 nitrogen and oxygen atoms in total. The van der Waals surface area contributed by atoms with E-state index in [1.165, 1.54) is 0 Å². The van der Waals surface area contributed by atoms with Crippen molar-refractivity contribution in [3.05, 3.63) is 64.7 Å². The van der Waals surface area contributed by atoms with Crippen LogP contribution in [0.2, 0.25) is 5.02 Å². The summed E-state index contributed by atoms with van der Waals surface area (Å²) in [5, 5.41) is 5.35. The van der Waals surface area contributed by atoms with Gasteiger partial charge in [0, 0.05) is 16.3 Å². The van der Waals surface area contributed by atoms with Crippen molar-refractivity contribution < 1.29 is 19.1 Å². The van der Waals surface area contributed by atoms with Gasteiger partial charge in [-0.1, -0.05) is 41.9 Å². The van der Waals surface area contributed by atoms with Gasteiger partial charge in [-0.25, -0.2) is 4.79 Å². The van der Waals surface area contributed by atoms with Gasteiger partial charge in [-0.15, -0.1) is 0 Å². The summed E-state index contributed by atoms with van der Waals surface area (Å²) in [5.74, 6) is -0.712. The standard InChI is InChI=1S/C17H13ClN2O4/c18-13-4-2-1-3-11(13)9-14(21)19-12-7-5-10(6-8-12)15-16(22)20-17(23)24-15/h1-8,15H,9H2,(H,19,21)(H,20,22,23). The van der Waals surface area contributed by atoms with Crippen LogP contribution in [-0.4, -0.2) is 17.9 Å². The lowest BCUT2D eigenvalue weighted by Crippen LogP contribution is -2.20. The first-order valence-electron chi connectivity index (χ1n) is 7.17. The third-order valence-electron chi connectivity index (χ3n) is 3.49. The normalized spacial score (nSPS) is 16.5. The number of hydrogen-bond donors (Lipinski definition) is 2. The van der Waals surface area contributed by atoms with Gasteiger partial charge in [0.05, 0.1) is 6.42 Å². The molecule has 2 N–H and O–H groups in total. The second-order valence-electron chi connectivity index (χ2n) is 5.21. The highest BCUT2D eigenvalue weighted by atomic mass is 35.5. The van der Waals surface area contributed by atoms with E-state index < -0.39 is 18.1 Å². The van der Waals surface area contributed by atoms with Crippen LogP contribution < -0.4 is 10.6 Å². The molecule has 122 valence electrons. The van der Waals surface area contributed by atoms with Gasteiger partial charge in [0.1, 0.15) is 0 Å². The minimum Gasteiger partial charge on any atom is -0.431 e. The average Bonchev–Trinajstić information content (AvgIpc) is 2.89. The Morgan fingerprint density at radius 2 is 1.83 bits per heavy atom. The Hall–Kier alpha value is -2.86. The van der Waals surface area contributed by atoms with Gasteiger partial charge in [-0.2, -0.15) is 0 Å². The predicted octanol–water partition coefficient (Wildman–Crippen LogP) is 2.83. The van der Waals surface area contributed by atoms with E-state index in [9.17, 15) is 14.4 Å². The van der Waals surface area contributed by atoms with Gasteiger partial charge in [0.2, 0.25) is 12.0 Å². The Balaban J connectivity index is 1.64. The highest BCUT2D eigenvalue weighted by Crippen LogP contribution is 2.23. The predicted molar refractivity (Wildman–Crippen MR) is 87.6 cm³/mol. The maximum Gasteiger partial charge on any atom is 0.415 e. The molecule has 1 aliphatic rings. The molecule has 2 aromatic rings. The summed E-state index contributed by atoms with van der Waals surface area (Å²) in [4.78, 5) is 34.6. The zero-order valence-electron chi connectivity index (χ0n) is 12.4. The van der Waals surface area contributed by atoms with E-state index in [0.29, 0.717) is 16.3 Å². The lowest BCUT2D eigenvalue weighted by Gasteiger charge is -2.09. The van der Waals surface area contributed by atoms with Crippen LogP contribution in [0.4, 0.5) is 10.5 Å². The molecule has 7 heteroatoms. The second kappa shape index (κ2) is 6.72. The van der Waals surface area contributed by atoms with Crippen LogP contribution in [0.5, 0.6) is 0 Å². The van der Waals surface area contributed by atoms with E-state index in [1.807, 2.05) is 6.07 Å². The number of carbonyl (C=O) groups is 3. The molecule has 1 unspecified atom stereocenters. The number of ether oxygens (including phenoxy) is 1. The van der Waals surface area contributed by atoms with Crippen LogP contribution in [0.25, 0.3) is 0 Å². The molecule has 1 atom stereocenters. The fraction of sp³-hybridized carbons (Fsp3) is 0.118. The zero-order valence-corrected chi connectivity index (χ0v) is 13.2. The van der Waals surface area contributed by atoms with Crippen LogP contribution >= 0.6 is 11.6 Å². The number of benzene rings is 2. The summed E-state index contributed by atoms with van der Waals surface area (Å²) >= 11 is 6.03. The number of cyclic esters (lactones) is 1. The first-order chi connectivity index (χ1) is 11.5. The van der Waals surface area contributed by atoms with Gasteiger partial charge in [0.25, 0.3) is 5.91 Å². The average molecular weight is 345 g/mol. The smallest absolute Gasteiger partial charge is 0.415 e. The molecule has 0 aliphatic carbocycles. The molecule has 3 rings (SSSR count). The maximum atomic E-state index is 12.1. The Morgan fingerprint density at radius 3 is 2.46 bits per heavy atom. The van der Waals surface area contributed by atoms with Crippen molar-refractivity contribution in [3.8, 4) is 0 Å². The molecule has 0 bridgehead atoms. The summed E-state index contributed by atoms with van der Waals surface area (Å²) in [6.07, 6.45) is -1.56. The summed E-state index contributed by atoms with van der Waals surface area (Å²) in [7, 11) is 0. The fourth-order valence-corrected chi connectivity index (χ4v) is 2.54. The van der Waals surface area contributed by atoms with Gasteiger partial charge < -0.3 is 10.1 Å². The molecule has 2 aromatic carbocycles. The third-order valence-corrected chi connectivity index (χ3v) is 3.86. The molecule has 0 spiro atoms. The second-order valence-corrected chi connectivity index (χ2v) is 5.62. The van der Waals surface area contributed by atoms with E-state index in [2.05, 4.69) is 10.6 Å². The lowest BCUT2D eigenvalue weighted by atomic mass is 10.1. The molecule has 1 aliphatic heterocycles. The number of hydrogen-bond acceptors (Lipinski definition) is 4. The van der Waals surface area contributed by atoms with Crippen molar-refractivity contribution in [1.29, 1.82) is 0 Å². The highest BCUT2D eigenvalue weighted by molar-refractivity contribution is 6.31. The molecule has 1 heterocycles. The topological polar surface area (TPSA) is 84.5 Å². The molecule has 0 saturated carbocycles. The van der Waals surface area contributed by atoms with Gasteiger partial charge in [0.15, 0.2) is 0 Å². The SMILES string of the molecule is O=C(Cc1ccccc1Cl)Nc1ccc(C2OC(=O)NC2=O)cc1. The molecule has 1 fully saturated rings. The van der Waals surface area contributed by atoms with Crippen LogP contribution in [0, 0.1) is 0 Å². The summed E-state index contributed by atoms with van der Waals surface area (Å²) in [5.41, 5.74) is 1.84. The fourth-order valence-electron chi connectivity index (χ4n) is 2.34. The monoisotopic (exact) mass is 344 g/mol. The Kier molecular flexibility index (Phi) is 4.48. The number of imide groups is 1. The molecule has 0 radical (unpaired) electrons. The Bertz CT molecular complexity index is 804. The molecule has 3 amide bonds. The summed E-state index contributed by atoms with van der Waals surface area (Å²) < 4.78 is 4.87. The minimum atomic E-state index is -0.953. The largest absolute Gasteiger partial charge is 0.431 e. The molecule has 1 saturated heterocycles. The van der Waals surface area contributed by atoms with E-state index in [1.54, 1.807) is 42.5 Å². The summed E-state index contributed by atoms with van der Waals surface area (Å²) in [6, 6.07) is 13.6. The quantitative estimate of drug-likeness (QED) is 0.893. The van der Waals surface area contributed by atoms with Gasteiger partial charge in [-0.05, 0) is 23.8 Å². The van der Waals surface area contributed by atoms with Crippen molar-refractivity contribution in [3.63, 3.8) is 0 Å². The molecule has 0 aromatic heterocycles. The molecular weight excluding hydrogens is 332 g/mol. The van der Waals surface area contributed by atoms with Crippen molar-refractivity contribution in [2.24, 2.45) is 0 Å². The number of carbonyl (C=O) groups excluding carboxylic acids is 3. The van der Waals surface area contributed by atoms with Crippen LogP contribution in [0.1, 0.15) is 17.2 Å². The van der Waals surface area contributed by atoms with E-state index in [-0.39, 0.29) is 12.3 Å². The van der Waals surface area contributed by atoms with Crippen molar-refractivity contribution in [2.45, 2.75) is 12.5 Å².